The summed E-state index contributed by atoms with van der Waals surface area (Å²) in [6.45, 7) is 2.82. The maximum Gasteiger partial charge on any atom is 0.282 e. The normalized spacial score (nSPS) is 23.6. The number of piperazine rings is 1. The van der Waals surface area contributed by atoms with Crippen LogP contribution in [0, 0.1) is 5.82 Å². The van der Waals surface area contributed by atoms with Gasteiger partial charge in [0.15, 0.2) is 0 Å². The smallest absolute Gasteiger partial charge is 0.282 e. The fraction of sp³-hybridized carbons (Fsp3) is 0.667. The molecule has 7 nitrogen and oxygen atoms in total. The molecule has 2 aliphatic rings. The van der Waals surface area contributed by atoms with E-state index in [0.717, 1.165) is 19.0 Å². The van der Waals surface area contributed by atoms with Crippen molar-refractivity contribution in [3.05, 3.63) is 23.8 Å². The minimum atomic E-state index is -3.45. The Bertz CT molecular complexity index is 658. The van der Waals surface area contributed by atoms with Gasteiger partial charge in [-0.2, -0.15) is 17.0 Å². The molecular weight excluding hydrogens is 333 g/mol. The molecule has 3 N–H and O–H groups in total. The molecule has 2 saturated heterocycles. The molecule has 3 heterocycles. The Hall–Kier alpha value is -1.29. The van der Waals surface area contributed by atoms with Gasteiger partial charge in [0, 0.05) is 44.3 Å². The summed E-state index contributed by atoms with van der Waals surface area (Å²) in [6.07, 6.45) is 5.30. The second-order valence-corrected chi connectivity index (χ2v) is 8.19. The van der Waals surface area contributed by atoms with Crippen molar-refractivity contribution in [3.63, 3.8) is 0 Å². The number of anilines is 1. The first-order valence-corrected chi connectivity index (χ1v) is 9.75. The molecule has 1 aromatic heterocycles. The lowest BCUT2D eigenvalue weighted by Gasteiger charge is -2.37. The fourth-order valence-electron chi connectivity index (χ4n) is 3.41. The van der Waals surface area contributed by atoms with Gasteiger partial charge in [-0.3, -0.25) is 4.98 Å². The largest absolute Gasteiger partial charge is 0.397 e. The van der Waals surface area contributed by atoms with Gasteiger partial charge in [-0.25, -0.2) is 4.39 Å². The molecule has 0 amide bonds. The average Bonchev–Trinajstić information content (AvgIpc) is 3.10. The van der Waals surface area contributed by atoms with E-state index in [2.05, 4.69) is 10.3 Å². The van der Waals surface area contributed by atoms with Gasteiger partial charge >= 0.3 is 0 Å². The lowest BCUT2D eigenvalue weighted by Crippen LogP contribution is -2.57. The third-order valence-electron chi connectivity index (χ3n) is 4.75. The van der Waals surface area contributed by atoms with Crippen molar-refractivity contribution in [3.8, 4) is 0 Å². The Labute approximate surface area is 142 Å². The summed E-state index contributed by atoms with van der Waals surface area (Å²) in [7, 11) is -3.45. The zero-order chi connectivity index (χ0) is 17.2. The second-order valence-electron chi connectivity index (χ2n) is 6.31. The van der Waals surface area contributed by atoms with Crippen LogP contribution in [0.5, 0.6) is 0 Å². The average molecular weight is 357 g/mol. The Kier molecular flexibility index (Phi) is 5.33. The van der Waals surface area contributed by atoms with Gasteiger partial charge in [-0.05, 0) is 25.7 Å². The van der Waals surface area contributed by atoms with Crippen LogP contribution in [0.3, 0.4) is 0 Å². The van der Waals surface area contributed by atoms with Crippen molar-refractivity contribution < 1.29 is 12.8 Å². The van der Waals surface area contributed by atoms with Gasteiger partial charge in [-0.15, -0.1) is 0 Å². The van der Waals surface area contributed by atoms with Crippen LogP contribution in [0.15, 0.2) is 12.4 Å². The zero-order valence-electron chi connectivity index (χ0n) is 13.6. The molecule has 2 aliphatic heterocycles. The summed E-state index contributed by atoms with van der Waals surface area (Å²) in [5.74, 6) is -0.437. The highest BCUT2D eigenvalue weighted by Gasteiger charge is 2.37. The Morgan fingerprint density at radius 1 is 1.29 bits per heavy atom. The number of hydrogen-bond donors (Lipinski definition) is 2. The van der Waals surface area contributed by atoms with E-state index >= 15 is 0 Å². The van der Waals surface area contributed by atoms with Crippen molar-refractivity contribution in [2.45, 2.75) is 31.7 Å². The summed E-state index contributed by atoms with van der Waals surface area (Å²) < 4.78 is 42.7. The maximum atomic E-state index is 13.9. The summed E-state index contributed by atoms with van der Waals surface area (Å²) in [4.78, 5) is 3.72. The molecule has 0 aromatic carbocycles. The number of hydrogen-bond acceptors (Lipinski definition) is 5. The van der Waals surface area contributed by atoms with Crippen molar-refractivity contribution in [1.29, 1.82) is 0 Å². The number of rotatable bonds is 5. The molecule has 1 aromatic rings. The van der Waals surface area contributed by atoms with E-state index in [1.54, 1.807) is 8.61 Å². The van der Waals surface area contributed by atoms with Crippen LogP contribution in [0.1, 0.15) is 24.8 Å². The predicted molar refractivity (Wildman–Crippen MR) is 90.0 cm³/mol. The SMILES string of the molecule is Nc1cncc(F)c1CCC1CNCCN1S(=O)(=O)N1CCCC1. The van der Waals surface area contributed by atoms with Crippen LogP contribution in [0.4, 0.5) is 10.1 Å². The van der Waals surface area contributed by atoms with Crippen LogP contribution in [-0.2, 0) is 16.6 Å². The standard InChI is InChI=1S/C15H24FN5O2S/c16-14-10-19-11-15(17)13(14)4-3-12-9-18-5-8-21(12)24(22,23)20-6-1-2-7-20/h10-12,18H,1-9,17H2. The molecule has 0 bridgehead atoms. The number of nitrogens with zero attached hydrogens (tertiary/aromatic N) is 3. The van der Waals surface area contributed by atoms with Crippen molar-refractivity contribution in [2.75, 3.05) is 38.5 Å². The van der Waals surface area contributed by atoms with Crippen molar-refractivity contribution >= 4 is 15.9 Å². The van der Waals surface area contributed by atoms with Gasteiger partial charge in [0.05, 0.1) is 18.1 Å². The number of aromatic nitrogens is 1. The first-order chi connectivity index (χ1) is 11.5. The van der Waals surface area contributed by atoms with Gasteiger partial charge in [-0.1, -0.05) is 0 Å². The van der Waals surface area contributed by atoms with Gasteiger partial charge in [0.2, 0.25) is 0 Å². The predicted octanol–water partition coefficient (Wildman–Crippen LogP) is 0.350. The molecular formula is C15H24FN5O2S. The van der Waals surface area contributed by atoms with Crippen molar-refractivity contribution in [1.82, 2.24) is 18.9 Å². The van der Waals surface area contributed by atoms with Crippen LogP contribution in [-0.4, -0.2) is 60.8 Å². The van der Waals surface area contributed by atoms with Crippen LogP contribution < -0.4 is 11.1 Å². The number of nitrogens with one attached hydrogen (secondary N) is 1. The van der Waals surface area contributed by atoms with E-state index < -0.39 is 16.0 Å². The molecule has 3 rings (SSSR count). The minimum absolute atomic E-state index is 0.198. The van der Waals surface area contributed by atoms with E-state index in [-0.39, 0.29) is 6.04 Å². The third-order valence-corrected chi connectivity index (χ3v) is 6.84. The monoisotopic (exact) mass is 357 g/mol. The lowest BCUT2D eigenvalue weighted by molar-refractivity contribution is 0.239. The fourth-order valence-corrected chi connectivity index (χ4v) is 5.31. The minimum Gasteiger partial charge on any atom is -0.397 e. The summed E-state index contributed by atoms with van der Waals surface area (Å²) in [5, 5.41) is 3.23. The highest BCUT2D eigenvalue weighted by Crippen LogP contribution is 2.23. The molecule has 1 atom stereocenters. The highest BCUT2D eigenvalue weighted by atomic mass is 32.2. The highest BCUT2D eigenvalue weighted by molar-refractivity contribution is 7.86. The Morgan fingerprint density at radius 2 is 2.04 bits per heavy atom. The van der Waals surface area contributed by atoms with Gasteiger partial charge in [0.25, 0.3) is 10.2 Å². The third kappa shape index (κ3) is 3.53. The number of nitrogens with two attached hydrogens (primary N) is 1. The molecule has 134 valence electrons. The summed E-state index contributed by atoms with van der Waals surface area (Å²) >= 11 is 0. The Morgan fingerprint density at radius 3 is 2.75 bits per heavy atom. The van der Waals surface area contributed by atoms with E-state index in [4.69, 9.17) is 5.73 Å². The number of nitrogen functional groups attached to an aromatic ring is 1. The quantitative estimate of drug-likeness (QED) is 0.793. The van der Waals surface area contributed by atoms with Gasteiger partial charge in [0.1, 0.15) is 5.82 Å². The van der Waals surface area contributed by atoms with E-state index in [0.29, 0.717) is 56.8 Å². The first-order valence-electron chi connectivity index (χ1n) is 8.35. The van der Waals surface area contributed by atoms with Crippen LogP contribution in [0.2, 0.25) is 0 Å². The van der Waals surface area contributed by atoms with E-state index in [9.17, 15) is 12.8 Å². The second kappa shape index (κ2) is 7.30. The molecule has 2 fully saturated rings. The molecule has 9 heteroatoms. The molecule has 0 aliphatic carbocycles. The van der Waals surface area contributed by atoms with E-state index in [1.165, 1.54) is 6.20 Å². The Balaban J connectivity index is 1.73. The van der Waals surface area contributed by atoms with Crippen LogP contribution in [0.25, 0.3) is 0 Å². The number of halogens is 1. The topological polar surface area (TPSA) is 91.6 Å². The molecule has 0 saturated carbocycles. The van der Waals surface area contributed by atoms with E-state index in [1.807, 2.05) is 0 Å². The lowest BCUT2D eigenvalue weighted by atomic mass is 10.0. The van der Waals surface area contributed by atoms with Crippen LogP contribution >= 0.6 is 0 Å². The summed E-state index contributed by atoms with van der Waals surface area (Å²) in [5.41, 5.74) is 6.52. The van der Waals surface area contributed by atoms with Crippen molar-refractivity contribution in [2.24, 2.45) is 0 Å². The molecule has 24 heavy (non-hydrogen) atoms. The molecule has 0 radical (unpaired) electrons. The van der Waals surface area contributed by atoms with Gasteiger partial charge < -0.3 is 11.1 Å². The summed E-state index contributed by atoms with van der Waals surface area (Å²) in [6, 6.07) is -0.198. The zero-order valence-corrected chi connectivity index (χ0v) is 14.4. The maximum absolute atomic E-state index is 13.9. The molecule has 0 spiro atoms. The number of pyridine rings is 1. The first kappa shape index (κ1) is 17.5. The molecule has 1 unspecified atom stereocenters.